The Bertz CT molecular complexity index is 213. The van der Waals surface area contributed by atoms with Crippen molar-refractivity contribution in [1.29, 1.82) is 0 Å². The summed E-state index contributed by atoms with van der Waals surface area (Å²) >= 11 is 0. The van der Waals surface area contributed by atoms with Crippen LogP contribution < -0.4 is 0 Å². The van der Waals surface area contributed by atoms with Gasteiger partial charge in [0.2, 0.25) is 0 Å². The van der Waals surface area contributed by atoms with E-state index in [0.29, 0.717) is 13.2 Å². The number of rotatable bonds is 5. The number of ether oxygens (including phenoxy) is 1. The fourth-order valence-electron chi connectivity index (χ4n) is 1.78. The summed E-state index contributed by atoms with van der Waals surface area (Å²) in [6.45, 7) is 6.11. The van der Waals surface area contributed by atoms with Crippen molar-refractivity contribution >= 4 is 0 Å². The van der Waals surface area contributed by atoms with Crippen LogP contribution in [0.2, 0.25) is 0 Å². The van der Waals surface area contributed by atoms with Crippen LogP contribution in [0.25, 0.3) is 0 Å². The molecule has 0 bridgehead atoms. The maximum Gasteiger partial charge on any atom is 0.137 e. The monoisotopic (exact) mass is 211 g/mol. The fraction of sp³-hybridized carbons (Fsp3) is 0.833. The van der Waals surface area contributed by atoms with Crippen molar-refractivity contribution in [2.24, 2.45) is 0 Å². The fourth-order valence-corrected chi connectivity index (χ4v) is 1.78. The maximum atomic E-state index is 9.27. The van der Waals surface area contributed by atoms with E-state index in [2.05, 4.69) is 16.7 Å². The van der Waals surface area contributed by atoms with Gasteiger partial charge in [0, 0.05) is 6.54 Å². The van der Waals surface area contributed by atoms with Crippen molar-refractivity contribution in [1.82, 2.24) is 4.90 Å². The van der Waals surface area contributed by atoms with Crippen LogP contribution in [0, 0.1) is 11.8 Å². The van der Waals surface area contributed by atoms with Gasteiger partial charge in [0.25, 0.3) is 0 Å². The van der Waals surface area contributed by atoms with E-state index in [1.165, 1.54) is 32.4 Å². The van der Waals surface area contributed by atoms with Gasteiger partial charge < -0.3 is 14.7 Å². The number of aliphatic hydroxyl groups is 1. The van der Waals surface area contributed by atoms with E-state index in [0.717, 1.165) is 6.54 Å². The molecule has 1 atom stereocenters. The van der Waals surface area contributed by atoms with Crippen LogP contribution >= 0.6 is 0 Å². The van der Waals surface area contributed by atoms with Crippen molar-refractivity contribution in [3.63, 3.8) is 0 Å². The van der Waals surface area contributed by atoms with Crippen LogP contribution in [-0.2, 0) is 4.74 Å². The molecule has 0 radical (unpaired) electrons. The Morgan fingerprint density at radius 1 is 1.33 bits per heavy atom. The molecule has 1 rings (SSSR count). The maximum absolute atomic E-state index is 9.27. The number of piperidine rings is 1. The van der Waals surface area contributed by atoms with Crippen LogP contribution in [0.5, 0.6) is 0 Å². The molecule has 0 aromatic carbocycles. The third-order valence-electron chi connectivity index (χ3n) is 2.59. The van der Waals surface area contributed by atoms with E-state index in [1.807, 2.05) is 0 Å². The Morgan fingerprint density at radius 2 is 2.07 bits per heavy atom. The zero-order valence-corrected chi connectivity index (χ0v) is 9.54. The number of aliphatic hydroxyl groups excluding tert-OH is 1. The van der Waals surface area contributed by atoms with Crippen molar-refractivity contribution in [3.05, 3.63) is 0 Å². The molecule has 86 valence electrons. The summed E-state index contributed by atoms with van der Waals surface area (Å²) in [5.41, 5.74) is 0. The van der Waals surface area contributed by atoms with Gasteiger partial charge in [-0.25, -0.2) is 0 Å². The Morgan fingerprint density at radius 3 is 2.73 bits per heavy atom. The molecule has 1 N–H and O–H groups in total. The smallest absolute Gasteiger partial charge is 0.137 e. The summed E-state index contributed by atoms with van der Waals surface area (Å²) in [6, 6.07) is 0. The quantitative estimate of drug-likeness (QED) is 0.541. The molecule has 1 heterocycles. The third kappa shape index (κ3) is 5.78. The van der Waals surface area contributed by atoms with Gasteiger partial charge in [-0.2, -0.15) is 0 Å². The Hall–Kier alpha value is -0.560. The highest BCUT2D eigenvalue weighted by molar-refractivity contribution is 5.01. The number of likely N-dealkylation sites (tertiary alicyclic amines) is 1. The Kier molecular flexibility index (Phi) is 6.42. The molecule has 0 amide bonds. The van der Waals surface area contributed by atoms with Gasteiger partial charge in [-0.05, 0) is 32.9 Å². The average Bonchev–Trinajstić information content (AvgIpc) is 2.26. The SMILES string of the molecule is CC#CC(O)COCCN1CCCCC1. The first-order chi connectivity index (χ1) is 7.33. The summed E-state index contributed by atoms with van der Waals surface area (Å²) in [4.78, 5) is 2.42. The average molecular weight is 211 g/mol. The lowest BCUT2D eigenvalue weighted by molar-refractivity contribution is 0.0476. The van der Waals surface area contributed by atoms with E-state index < -0.39 is 6.10 Å². The first-order valence-electron chi connectivity index (χ1n) is 5.73. The van der Waals surface area contributed by atoms with Crippen LogP contribution in [0.3, 0.4) is 0 Å². The molecule has 1 unspecified atom stereocenters. The summed E-state index contributed by atoms with van der Waals surface area (Å²) in [5.74, 6) is 5.32. The second kappa shape index (κ2) is 7.70. The summed E-state index contributed by atoms with van der Waals surface area (Å²) < 4.78 is 5.36. The lowest BCUT2D eigenvalue weighted by atomic mass is 10.1. The molecule has 0 aliphatic carbocycles. The second-order valence-corrected chi connectivity index (χ2v) is 3.89. The zero-order valence-electron chi connectivity index (χ0n) is 9.54. The Balaban J connectivity index is 1.97. The molecule has 15 heavy (non-hydrogen) atoms. The molecule has 0 saturated carbocycles. The molecule has 1 saturated heterocycles. The predicted octanol–water partition coefficient (Wildman–Crippen LogP) is 0.873. The highest BCUT2D eigenvalue weighted by Gasteiger charge is 2.09. The van der Waals surface area contributed by atoms with Gasteiger partial charge in [0.05, 0.1) is 13.2 Å². The minimum Gasteiger partial charge on any atom is -0.378 e. The number of hydrogen-bond donors (Lipinski definition) is 1. The van der Waals surface area contributed by atoms with Crippen molar-refractivity contribution in [2.45, 2.75) is 32.3 Å². The summed E-state index contributed by atoms with van der Waals surface area (Å²) in [5, 5.41) is 9.27. The minimum absolute atomic E-state index is 0.328. The predicted molar refractivity (Wildman–Crippen MR) is 60.6 cm³/mol. The Labute approximate surface area is 92.4 Å². The lowest BCUT2D eigenvalue weighted by Gasteiger charge is -2.26. The molecule has 1 aliphatic heterocycles. The number of hydrogen-bond acceptors (Lipinski definition) is 3. The normalized spacial score (nSPS) is 19.3. The highest BCUT2D eigenvalue weighted by atomic mass is 16.5. The summed E-state index contributed by atoms with van der Waals surface area (Å²) in [6.07, 6.45) is 3.35. The minimum atomic E-state index is -0.628. The molecule has 0 aromatic rings. The summed E-state index contributed by atoms with van der Waals surface area (Å²) in [7, 11) is 0. The van der Waals surface area contributed by atoms with Crippen molar-refractivity contribution in [2.75, 3.05) is 32.8 Å². The molecular weight excluding hydrogens is 190 g/mol. The zero-order chi connectivity index (χ0) is 10.9. The van der Waals surface area contributed by atoms with E-state index >= 15 is 0 Å². The van der Waals surface area contributed by atoms with Crippen LogP contribution in [0.4, 0.5) is 0 Å². The molecule has 0 aromatic heterocycles. The van der Waals surface area contributed by atoms with Crippen LogP contribution in [0.15, 0.2) is 0 Å². The molecular formula is C12H21NO2. The first-order valence-corrected chi connectivity index (χ1v) is 5.73. The van der Waals surface area contributed by atoms with E-state index in [9.17, 15) is 5.11 Å². The standard InChI is InChI=1S/C12H21NO2/c1-2-6-12(14)11-15-10-9-13-7-4-3-5-8-13/h12,14H,3-5,7-11H2,1H3. The molecule has 3 nitrogen and oxygen atoms in total. The molecule has 1 fully saturated rings. The van der Waals surface area contributed by atoms with Crippen LogP contribution in [0.1, 0.15) is 26.2 Å². The number of nitrogens with zero attached hydrogens (tertiary/aromatic N) is 1. The van der Waals surface area contributed by atoms with Gasteiger partial charge in [0.1, 0.15) is 6.10 Å². The topological polar surface area (TPSA) is 32.7 Å². The largest absolute Gasteiger partial charge is 0.378 e. The van der Waals surface area contributed by atoms with E-state index in [-0.39, 0.29) is 0 Å². The van der Waals surface area contributed by atoms with E-state index in [4.69, 9.17) is 4.74 Å². The van der Waals surface area contributed by atoms with Crippen molar-refractivity contribution in [3.8, 4) is 11.8 Å². The second-order valence-electron chi connectivity index (χ2n) is 3.89. The van der Waals surface area contributed by atoms with Crippen LogP contribution in [-0.4, -0.2) is 49.0 Å². The molecule has 1 aliphatic rings. The third-order valence-corrected chi connectivity index (χ3v) is 2.59. The van der Waals surface area contributed by atoms with Crippen molar-refractivity contribution < 1.29 is 9.84 Å². The van der Waals surface area contributed by atoms with E-state index in [1.54, 1.807) is 6.92 Å². The first kappa shape index (κ1) is 12.5. The highest BCUT2D eigenvalue weighted by Crippen LogP contribution is 2.07. The molecule has 3 heteroatoms. The van der Waals surface area contributed by atoms with Gasteiger partial charge >= 0.3 is 0 Å². The van der Waals surface area contributed by atoms with Gasteiger partial charge in [-0.1, -0.05) is 12.3 Å². The van der Waals surface area contributed by atoms with Gasteiger partial charge in [-0.3, -0.25) is 0 Å². The van der Waals surface area contributed by atoms with Gasteiger partial charge in [0.15, 0.2) is 0 Å². The molecule has 0 spiro atoms. The van der Waals surface area contributed by atoms with Gasteiger partial charge in [-0.15, -0.1) is 5.92 Å². The lowest BCUT2D eigenvalue weighted by Crippen LogP contribution is -2.33.